The summed E-state index contributed by atoms with van der Waals surface area (Å²) in [5, 5.41) is 3.87. The second kappa shape index (κ2) is 7.92. The summed E-state index contributed by atoms with van der Waals surface area (Å²) in [5.41, 5.74) is 15.1. The van der Waals surface area contributed by atoms with Crippen molar-refractivity contribution in [3.8, 4) is 11.1 Å². The highest BCUT2D eigenvalue weighted by atomic mass is 16.1. The van der Waals surface area contributed by atoms with Gasteiger partial charge in [-0.2, -0.15) is 0 Å². The van der Waals surface area contributed by atoms with E-state index in [9.17, 15) is 4.79 Å². The summed E-state index contributed by atoms with van der Waals surface area (Å²) < 4.78 is 0. The first-order valence-electron chi connectivity index (χ1n) is 8.44. The molecule has 2 aromatic heterocycles. The van der Waals surface area contributed by atoms with Crippen LogP contribution in [0.4, 0.5) is 0 Å². The van der Waals surface area contributed by atoms with Gasteiger partial charge in [0.1, 0.15) is 5.69 Å². The minimum atomic E-state index is -0.148. The Bertz CT molecular complexity index is 843. The maximum absolute atomic E-state index is 12.3. The van der Waals surface area contributed by atoms with Gasteiger partial charge in [0, 0.05) is 35.9 Å². The molecule has 0 saturated heterocycles. The number of pyridine rings is 1. The normalized spacial score (nSPS) is 12.2. The van der Waals surface area contributed by atoms with Crippen molar-refractivity contribution in [2.24, 2.45) is 11.5 Å². The van der Waals surface area contributed by atoms with Crippen LogP contribution in [0.25, 0.3) is 22.0 Å². The molecule has 6 heteroatoms. The maximum atomic E-state index is 12.3. The van der Waals surface area contributed by atoms with E-state index in [1.807, 2.05) is 36.4 Å². The van der Waals surface area contributed by atoms with Gasteiger partial charge in [0.15, 0.2) is 0 Å². The van der Waals surface area contributed by atoms with Crippen LogP contribution in [-0.4, -0.2) is 35.0 Å². The summed E-state index contributed by atoms with van der Waals surface area (Å²) in [7, 11) is 0. The van der Waals surface area contributed by atoms with Crippen LogP contribution in [0.3, 0.4) is 0 Å². The lowest BCUT2D eigenvalue weighted by Gasteiger charge is -2.11. The maximum Gasteiger partial charge on any atom is 0.267 e. The zero-order valence-corrected chi connectivity index (χ0v) is 14.0. The number of rotatable bonds is 7. The third kappa shape index (κ3) is 4.23. The molecule has 0 radical (unpaired) electrons. The van der Waals surface area contributed by atoms with E-state index >= 15 is 0 Å². The molecule has 0 aliphatic carbocycles. The Morgan fingerprint density at radius 2 is 1.96 bits per heavy atom. The summed E-state index contributed by atoms with van der Waals surface area (Å²) in [5.74, 6) is -0.148. The summed E-state index contributed by atoms with van der Waals surface area (Å²) >= 11 is 0. The van der Waals surface area contributed by atoms with Crippen molar-refractivity contribution in [3.05, 3.63) is 54.5 Å². The van der Waals surface area contributed by atoms with Crippen LogP contribution < -0.4 is 16.8 Å². The van der Waals surface area contributed by atoms with Crippen LogP contribution in [0.5, 0.6) is 0 Å². The summed E-state index contributed by atoms with van der Waals surface area (Å²) in [4.78, 5) is 19.5. The van der Waals surface area contributed by atoms with E-state index in [0.29, 0.717) is 18.8 Å². The van der Waals surface area contributed by atoms with Crippen LogP contribution in [0.2, 0.25) is 0 Å². The second-order valence-electron chi connectivity index (χ2n) is 6.12. The molecule has 0 aliphatic heterocycles. The van der Waals surface area contributed by atoms with Gasteiger partial charge >= 0.3 is 0 Å². The molecule has 2 heterocycles. The van der Waals surface area contributed by atoms with Gasteiger partial charge in [-0.05, 0) is 54.8 Å². The molecule has 0 spiro atoms. The van der Waals surface area contributed by atoms with Gasteiger partial charge in [0.25, 0.3) is 5.91 Å². The van der Waals surface area contributed by atoms with Gasteiger partial charge in [-0.15, -0.1) is 0 Å². The van der Waals surface area contributed by atoms with Crippen molar-refractivity contribution < 1.29 is 4.79 Å². The average molecular weight is 337 g/mol. The third-order valence-electron chi connectivity index (χ3n) is 4.18. The molecule has 6 nitrogen and oxygen atoms in total. The number of H-pyrrole nitrogens is 1. The first kappa shape index (κ1) is 17.1. The van der Waals surface area contributed by atoms with Crippen LogP contribution in [0.1, 0.15) is 23.3 Å². The monoisotopic (exact) mass is 337 g/mol. The number of nitrogens with zero attached hydrogens (tertiary/aromatic N) is 1. The number of amides is 1. The SMILES string of the molecule is NCCCC(N)CNC(=O)c1cc2ccc(-c3ccncc3)cc2[nH]1. The Balaban J connectivity index is 1.71. The minimum Gasteiger partial charge on any atom is -0.351 e. The van der Waals surface area contributed by atoms with E-state index in [1.54, 1.807) is 12.4 Å². The molecule has 0 bridgehead atoms. The van der Waals surface area contributed by atoms with Crippen molar-refractivity contribution in [3.63, 3.8) is 0 Å². The molecule has 25 heavy (non-hydrogen) atoms. The molecule has 1 unspecified atom stereocenters. The standard InChI is InChI=1S/C19H23N5O/c20-7-1-2-16(21)12-23-19(25)18-11-15-4-3-14(10-17(15)24-18)13-5-8-22-9-6-13/h3-6,8-11,16,24H,1-2,7,12,20-21H2,(H,23,25). The Hall–Kier alpha value is -2.70. The summed E-state index contributed by atoms with van der Waals surface area (Å²) in [6.07, 6.45) is 5.20. The second-order valence-corrected chi connectivity index (χ2v) is 6.12. The van der Waals surface area contributed by atoms with E-state index in [1.165, 1.54) is 0 Å². The van der Waals surface area contributed by atoms with Gasteiger partial charge in [0.2, 0.25) is 0 Å². The van der Waals surface area contributed by atoms with Gasteiger partial charge in [0.05, 0.1) is 0 Å². The van der Waals surface area contributed by atoms with Crippen LogP contribution >= 0.6 is 0 Å². The van der Waals surface area contributed by atoms with Crippen molar-refractivity contribution in [2.75, 3.05) is 13.1 Å². The lowest BCUT2D eigenvalue weighted by Crippen LogP contribution is -2.37. The molecule has 1 atom stereocenters. The molecule has 130 valence electrons. The highest BCUT2D eigenvalue weighted by Crippen LogP contribution is 2.24. The Kier molecular flexibility index (Phi) is 5.42. The average Bonchev–Trinajstić information content (AvgIpc) is 3.08. The molecular weight excluding hydrogens is 314 g/mol. The first-order chi connectivity index (χ1) is 12.2. The van der Waals surface area contributed by atoms with Gasteiger partial charge in [-0.25, -0.2) is 0 Å². The predicted octanol–water partition coefficient (Wildman–Crippen LogP) is 2.03. The molecule has 6 N–H and O–H groups in total. The van der Waals surface area contributed by atoms with E-state index in [-0.39, 0.29) is 11.9 Å². The molecule has 3 aromatic rings. The Morgan fingerprint density at radius 3 is 2.72 bits per heavy atom. The van der Waals surface area contributed by atoms with Crippen LogP contribution in [0.15, 0.2) is 48.8 Å². The lowest BCUT2D eigenvalue weighted by molar-refractivity contribution is 0.0946. The smallest absolute Gasteiger partial charge is 0.267 e. The number of hydrogen-bond acceptors (Lipinski definition) is 4. The van der Waals surface area contributed by atoms with Crippen LogP contribution in [0, 0.1) is 0 Å². The first-order valence-corrected chi connectivity index (χ1v) is 8.44. The quantitative estimate of drug-likeness (QED) is 0.529. The third-order valence-corrected chi connectivity index (χ3v) is 4.18. The van der Waals surface area contributed by atoms with E-state index in [0.717, 1.165) is 34.9 Å². The Labute approximate surface area is 146 Å². The fraction of sp³-hybridized carbons (Fsp3) is 0.263. The van der Waals surface area contributed by atoms with Crippen LogP contribution in [-0.2, 0) is 0 Å². The fourth-order valence-corrected chi connectivity index (χ4v) is 2.77. The number of benzene rings is 1. The number of carbonyl (C=O) groups excluding carboxylic acids is 1. The van der Waals surface area contributed by atoms with Crippen molar-refractivity contribution in [1.29, 1.82) is 0 Å². The number of aromatic nitrogens is 2. The van der Waals surface area contributed by atoms with Crippen molar-refractivity contribution >= 4 is 16.8 Å². The van der Waals surface area contributed by atoms with E-state index in [2.05, 4.69) is 15.3 Å². The number of carbonyl (C=O) groups is 1. The zero-order valence-electron chi connectivity index (χ0n) is 14.0. The Morgan fingerprint density at radius 1 is 1.16 bits per heavy atom. The topological polar surface area (TPSA) is 110 Å². The van der Waals surface area contributed by atoms with E-state index < -0.39 is 0 Å². The molecule has 3 rings (SSSR count). The summed E-state index contributed by atoms with van der Waals surface area (Å²) in [6, 6.07) is 11.8. The van der Waals surface area contributed by atoms with Gasteiger partial charge in [-0.1, -0.05) is 12.1 Å². The molecular formula is C19H23N5O. The summed E-state index contributed by atoms with van der Waals surface area (Å²) in [6.45, 7) is 1.06. The van der Waals surface area contributed by atoms with Gasteiger partial charge in [-0.3, -0.25) is 9.78 Å². The molecule has 0 aliphatic rings. The minimum absolute atomic E-state index is 0.0739. The van der Waals surface area contributed by atoms with Crippen molar-refractivity contribution in [1.82, 2.24) is 15.3 Å². The largest absolute Gasteiger partial charge is 0.351 e. The highest BCUT2D eigenvalue weighted by Gasteiger charge is 2.11. The molecule has 0 saturated carbocycles. The number of aromatic amines is 1. The van der Waals surface area contributed by atoms with Gasteiger partial charge < -0.3 is 21.8 Å². The molecule has 1 amide bonds. The highest BCUT2D eigenvalue weighted by molar-refractivity contribution is 5.98. The lowest BCUT2D eigenvalue weighted by atomic mass is 10.1. The fourth-order valence-electron chi connectivity index (χ4n) is 2.77. The molecule has 1 aromatic carbocycles. The number of nitrogens with one attached hydrogen (secondary N) is 2. The van der Waals surface area contributed by atoms with Crippen molar-refractivity contribution in [2.45, 2.75) is 18.9 Å². The number of nitrogens with two attached hydrogens (primary N) is 2. The van der Waals surface area contributed by atoms with E-state index in [4.69, 9.17) is 11.5 Å². The molecule has 0 fully saturated rings. The zero-order chi connectivity index (χ0) is 17.6. The predicted molar refractivity (Wildman–Crippen MR) is 100 cm³/mol. The number of hydrogen-bond donors (Lipinski definition) is 4. The number of fused-ring (bicyclic) bond motifs is 1.